The Kier molecular flexibility index (Phi) is 5.25. The van der Waals surface area contributed by atoms with Gasteiger partial charge in [-0.15, -0.1) is 0 Å². The highest BCUT2D eigenvalue weighted by molar-refractivity contribution is 5.99. The molecular formula is C19H22N4O4. The number of amides is 2. The fourth-order valence-electron chi connectivity index (χ4n) is 3.22. The van der Waals surface area contributed by atoms with Gasteiger partial charge < -0.3 is 19.5 Å². The maximum absolute atomic E-state index is 12.6. The molecule has 1 aliphatic rings. The number of carbonyl (C=O) groups excluding carboxylic acids is 2. The Morgan fingerprint density at radius 1 is 1.22 bits per heavy atom. The van der Waals surface area contributed by atoms with Crippen LogP contribution in [0.5, 0.6) is 5.75 Å². The number of aromatic amines is 1. The molecule has 1 saturated heterocycles. The highest BCUT2D eigenvalue weighted by atomic mass is 16.5. The molecule has 0 bridgehead atoms. The van der Waals surface area contributed by atoms with Crippen LogP contribution in [-0.4, -0.2) is 53.4 Å². The Bertz CT molecular complexity index is 938. The van der Waals surface area contributed by atoms with E-state index in [0.29, 0.717) is 41.6 Å². The fraction of sp³-hybridized carbons (Fsp3) is 0.368. The molecule has 1 aromatic heterocycles. The van der Waals surface area contributed by atoms with Crippen molar-refractivity contribution in [1.82, 2.24) is 14.9 Å². The first-order chi connectivity index (χ1) is 12.9. The van der Waals surface area contributed by atoms with Gasteiger partial charge in [-0.25, -0.2) is 4.98 Å². The molecule has 0 unspecified atom stereocenters. The number of hydrogen-bond acceptors (Lipinski definition) is 5. The summed E-state index contributed by atoms with van der Waals surface area (Å²) in [6.07, 6.45) is -0.0730. The first-order valence-electron chi connectivity index (χ1n) is 8.68. The van der Waals surface area contributed by atoms with Crippen molar-refractivity contribution in [3.8, 4) is 5.75 Å². The van der Waals surface area contributed by atoms with Gasteiger partial charge in [0.15, 0.2) is 0 Å². The number of benzene rings is 1. The van der Waals surface area contributed by atoms with Gasteiger partial charge in [0.1, 0.15) is 18.1 Å². The molecule has 1 fully saturated rings. The van der Waals surface area contributed by atoms with Crippen LogP contribution < -0.4 is 15.2 Å². The van der Waals surface area contributed by atoms with Crippen LogP contribution in [0.15, 0.2) is 29.1 Å². The van der Waals surface area contributed by atoms with Gasteiger partial charge in [-0.3, -0.25) is 14.4 Å². The second-order valence-corrected chi connectivity index (χ2v) is 6.42. The fourth-order valence-corrected chi connectivity index (χ4v) is 3.22. The first kappa shape index (κ1) is 18.6. The maximum atomic E-state index is 12.6. The van der Waals surface area contributed by atoms with Crippen LogP contribution in [0.3, 0.4) is 0 Å². The summed E-state index contributed by atoms with van der Waals surface area (Å²) in [5, 5.41) is 0. The molecule has 27 heavy (non-hydrogen) atoms. The molecule has 0 aliphatic carbocycles. The van der Waals surface area contributed by atoms with Gasteiger partial charge >= 0.3 is 0 Å². The SMILES string of the molecule is COc1ccccc1N1CCN(C(=O)Cc2c(C)nc(C)[nH]c2=O)CC1=O. The lowest BCUT2D eigenvalue weighted by atomic mass is 10.1. The third kappa shape index (κ3) is 3.84. The van der Waals surface area contributed by atoms with Gasteiger partial charge in [-0.1, -0.05) is 12.1 Å². The van der Waals surface area contributed by atoms with Crippen molar-refractivity contribution >= 4 is 17.5 Å². The van der Waals surface area contributed by atoms with E-state index in [4.69, 9.17) is 4.74 Å². The highest BCUT2D eigenvalue weighted by Crippen LogP contribution is 2.28. The van der Waals surface area contributed by atoms with E-state index in [2.05, 4.69) is 9.97 Å². The molecule has 3 rings (SSSR count). The predicted molar refractivity (Wildman–Crippen MR) is 100.0 cm³/mol. The average Bonchev–Trinajstić information content (AvgIpc) is 2.64. The van der Waals surface area contributed by atoms with Crippen LogP contribution in [0.25, 0.3) is 0 Å². The lowest BCUT2D eigenvalue weighted by molar-refractivity contribution is -0.136. The predicted octanol–water partition coefficient (Wildman–Crippen LogP) is 0.813. The van der Waals surface area contributed by atoms with E-state index in [9.17, 15) is 14.4 Å². The van der Waals surface area contributed by atoms with Gasteiger partial charge in [0.05, 0.1) is 19.2 Å². The zero-order chi connectivity index (χ0) is 19.6. The van der Waals surface area contributed by atoms with Crippen molar-refractivity contribution in [2.45, 2.75) is 20.3 Å². The normalized spacial score (nSPS) is 14.4. The van der Waals surface area contributed by atoms with Gasteiger partial charge in [-0.05, 0) is 26.0 Å². The Hall–Kier alpha value is -3.16. The molecule has 2 heterocycles. The average molecular weight is 370 g/mol. The number of H-pyrrole nitrogens is 1. The van der Waals surface area contributed by atoms with Crippen molar-refractivity contribution in [3.63, 3.8) is 0 Å². The summed E-state index contributed by atoms with van der Waals surface area (Å²) >= 11 is 0. The second-order valence-electron chi connectivity index (χ2n) is 6.42. The largest absolute Gasteiger partial charge is 0.495 e. The zero-order valence-corrected chi connectivity index (χ0v) is 15.6. The van der Waals surface area contributed by atoms with E-state index in [1.807, 2.05) is 18.2 Å². The lowest BCUT2D eigenvalue weighted by Gasteiger charge is -2.35. The number of aromatic nitrogens is 2. The molecule has 1 aliphatic heterocycles. The Morgan fingerprint density at radius 2 is 1.96 bits per heavy atom. The van der Waals surface area contributed by atoms with E-state index in [-0.39, 0.29) is 30.3 Å². The van der Waals surface area contributed by atoms with Crippen molar-refractivity contribution in [2.24, 2.45) is 0 Å². The topological polar surface area (TPSA) is 95.6 Å². The van der Waals surface area contributed by atoms with E-state index in [1.165, 1.54) is 4.90 Å². The molecular weight excluding hydrogens is 348 g/mol. The van der Waals surface area contributed by atoms with Crippen LogP contribution in [0.4, 0.5) is 5.69 Å². The van der Waals surface area contributed by atoms with Crippen molar-refractivity contribution in [3.05, 3.63) is 51.7 Å². The van der Waals surface area contributed by atoms with Gasteiger partial charge in [0, 0.05) is 24.3 Å². The van der Waals surface area contributed by atoms with Crippen molar-refractivity contribution in [1.29, 1.82) is 0 Å². The minimum atomic E-state index is -0.313. The number of piperazine rings is 1. The number of carbonyl (C=O) groups is 2. The molecule has 142 valence electrons. The van der Waals surface area contributed by atoms with E-state index >= 15 is 0 Å². The number of hydrogen-bond donors (Lipinski definition) is 1. The zero-order valence-electron chi connectivity index (χ0n) is 15.6. The summed E-state index contributed by atoms with van der Waals surface area (Å²) in [4.78, 5) is 47.2. The second kappa shape index (κ2) is 7.61. The summed E-state index contributed by atoms with van der Waals surface area (Å²) in [5.74, 6) is 0.668. The summed E-state index contributed by atoms with van der Waals surface area (Å²) in [7, 11) is 1.55. The van der Waals surface area contributed by atoms with Crippen molar-refractivity contribution < 1.29 is 14.3 Å². The molecule has 0 atom stereocenters. The molecule has 2 amide bonds. The Balaban J connectivity index is 1.72. The minimum absolute atomic E-state index is 0.0346. The summed E-state index contributed by atoms with van der Waals surface area (Å²) in [5.41, 5.74) is 1.24. The summed E-state index contributed by atoms with van der Waals surface area (Å²) < 4.78 is 5.32. The van der Waals surface area contributed by atoms with Gasteiger partial charge in [0.2, 0.25) is 11.8 Å². The summed E-state index contributed by atoms with van der Waals surface area (Å²) in [6.45, 7) is 4.11. The minimum Gasteiger partial charge on any atom is -0.495 e. The highest BCUT2D eigenvalue weighted by Gasteiger charge is 2.30. The van der Waals surface area contributed by atoms with Crippen LogP contribution in [0.1, 0.15) is 17.1 Å². The molecule has 8 nitrogen and oxygen atoms in total. The van der Waals surface area contributed by atoms with Crippen LogP contribution in [0.2, 0.25) is 0 Å². The first-order valence-corrected chi connectivity index (χ1v) is 8.68. The number of anilines is 1. The maximum Gasteiger partial charge on any atom is 0.254 e. The number of ether oxygens (including phenoxy) is 1. The molecule has 0 saturated carbocycles. The molecule has 0 radical (unpaired) electrons. The third-order valence-electron chi connectivity index (χ3n) is 4.62. The number of rotatable bonds is 4. The van der Waals surface area contributed by atoms with Gasteiger partial charge in [0.25, 0.3) is 5.56 Å². The molecule has 1 N–H and O–H groups in total. The standard InChI is InChI=1S/C19H22N4O4/c1-12-14(19(26)21-13(2)20-12)10-17(24)22-8-9-23(18(25)11-22)15-6-4-5-7-16(15)27-3/h4-7H,8-11H2,1-3H3,(H,20,21,26). The van der Waals surface area contributed by atoms with Crippen LogP contribution in [-0.2, 0) is 16.0 Å². The van der Waals surface area contributed by atoms with E-state index < -0.39 is 0 Å². The third-order valence-corrected chi connectivity index (χ3v) is 4.62. The monoisotopic (exact) mass is 370 g/mol. The number of nitrogens with one attached hydrogen (secondary N) is 1. The van der Waals surface area contributed by atoms with Crippen LogP contribution >= 0.6 is 0 Å². The summed E-state index contributed by atoms with van der Waals surface area (Å²) in [6, 6.07) is 7.28. The molecule has 1 aromatic carbocycles. The smallest absolute Gasteiger partial charge is 0.254 e. The molecule has 2 aromatic rings. The number of nitrogens with zero attached hydrogens (tertiary/aromatic N) is 3. The van der Waals surface area contributed by atoms with Gasteiger partial charge in [-0.2, -0.15) is 0 Å². The molecule has 0 spiro atoms. The Morgan fingerprint density at radius 3 is 2.63 bits per heavy atom. The Labute approximate surface area is 156 Å². The quantitative estimate of drug-likeness (QED) is 0.859. The number of methoxy groups -OCH3 is 1. The van der Waals surface area contributed by atoms with Crippen molar-refractivity contribution in [2.75, 3.05) is 31.6 Å². The molecule has 8 heteroatoms. The van der Waals surface area contributed by atoms with E-state index in [0.717, 1.165) is 0 Å². The van der Waals surface area contributed by atoms with Crippen LogP contribution in [0, 0.1) is 13.8 Å². The number of aryl methyl sites for hydroxylation is 2. The number of para-hydroxylation sites is 2. The lowest BCUT2D eigenvalue weighted by Crippen LogP contribution is -2.53. The van der Waals surface area contributed by atoms with E-state index in [1.54, 1.807) is 31.9 Å².